The molecule has 0 aliphatic carbocycles. The van der Waals surface area contributed by atoms with Gasteiger partial charge in [-0.2, -0.15) is 0 Å². The lowest BCUT2D eigenvalue weighted by molar-refractivity contribution is 0.0273. The Balaban J connectivity index is 2.02. The molecule has 0 spiro atoms. The molecule has 1 fully saturated rings. The van der Waals surface area contributed by atoms with Crippen LogP contribution in [0.2, 0.25) is 0 Å². The second-order valence-electron chi connectivity index (χ2n) is 6.16. The second kappa shape index (κ2) is 7.45. The van der Waals surface area contributed by atoms with E-state index in [0.717, 1.165) is 12.2 Å². The lowest BCUT2D eigenvalue weighted by Crippen LogP contribution is -2.41. The fourth-order valence-corrected chi connectivity index (χ4v) is 2.37. The number of carbonyl (C=O) groups is 1. The highest BCUT2D eigenvalue weighted by molar-refractivity contribution is 5.88. The fourth-order valence-electron chi connectivity index (χ4n) is 2.37. The second-order valence-corrected chi connectivity index (χ2v) is 6.16. The molecule has 1 aromatic heterocycles. The smallest absolute Gasteiger partial charge is 0.323 e. The maximum absolute atomic E-state index is 12.5. The van der Waals surface area contributed by atoms with Crippen molar-refractivity contribution < 1.29 is 9.53 Å². The van der Waals surface area contributed by atoms with E-state index in [4.69, 9.17) is 4.74 Å². The maximum Gasteiger partial charge on any atom is 0.323 e. The maximum atomic E-state index is 12.5. The molecule has 1 unspecified atom stereocenters. The molecule has 22 heavy (non-hydrogen) atoms. The van der Waals surface area contributed by atoms with E-state index in [0.29, 0.717) is 31.4 Å². The zero-order chi connectivity index (χ0) is 16.1. The number of hydrogen-bond donors (Lipinski definition) is 1. The van der Waals surface area contributed by atoms with Crippen molar-refractivity contribution in [2.24, 2.45) is 5.92 Å². The summed E-state index contributed by atoms with van der Waals surface area (Å²) in [5.74, 6) is 1.78. The van der Waals surface area contributed by atoms with E-state index in [2.05, 4.69) is 24.1 Å². The molecule has 0 bridgehead atoms. The van der Waals surface area contributed by atoms with Gasteiger partial charge < -0.3 is 14.5 Å². The summed E-state index contributed by atoms with van der Waals surface area (Å²) >= 11 is 0. The number of rotatable bonds is 3. The van der Waals surface area contributed by atoms with Crippen LogP contribution in [0.4, 0.5) is 16.4 Å². The summed E-state index contributed by atoms with van der Waals surface area (Å²) in [6.45, 7) is 6.28. The Hall–Kier alpha value is -1.82. The molecule has 0 radical (unpaired) electrons. The first-order chi connectivity index (χ1) is 10.5. The van der Waals surface area contributed by atoms with Crippen LogP contribution in [0.25, 0.3) is 0 Å². The quantitative estimate of drug-likeness (QED) is 0.932. The van der Waals surface area contributed by atoms with Gasteiger partial charge in [0.25, 0.3) is 0 Å². The van der Waals surface area contributed by atoms with Crippen LogP contribution in [0.15, 0.2) is 18.2 Å². The average Bonchev–Trinajstić information content (AvgIpc) is 2.73. The van der Waals surface area contributed by atoms with Crippen LogP contribution in [0.1, 0.15) is 20.3 Å². The Bertz CT molecular complexity index is 505. The van der Waals surface area contributed by atoms with Gasteiger partial charge >= 0.3 is 6.03 Å². The standard InChI is InChI=1S/C16H26N4O2/c1-12(2)13-11-20(9-6-10-22-13)16(21)18-14-7-5-8-15(17-14)19(3)4/h5,7-8,12-13H,6,9-11H2,1-4H3,(H,17,18,21). The predicted octanol–water partition coefficient (Wildman–Crippen LogP) is 2.43. The number of carbonyl (C=O) groups excluding carboxylic acids is 1. The summed E-state index contributed by atoms with van der Waals surface area (Å²) in [7, 11) is 3.85. The average molecular weight is 306 g/mol. The van der Waals surface area contributed by atoms with Gasteiger partial charge in [-0.1, -0.05) is 19.9 Å². The Morgan fingerprint density at radius 1 is 1.45 bits per heavy atom. The van der Waals surface area contributed by atoms with Crippen LogP contribution in [-0.2, 0) is 4.74 Å². The van der Waals surface area contributed by atoms with Crippen LogP contribution < -0.4 is 10.2 Å². The van der Waals surface area contributed by atoms with E-state index in [1.165, 1.54) is 0 Å². The van der Waals surface area contributed by atoms with Crippen molar-refractivity contribution in [2.75, 3.05) is 44.0 Å². The minimum absolute atomic E-state index is 0.0920. The summed E-state index contributed by atoms with van der Waals surface area (Å²) in [4.78, 5) is 20.6. The largest absolute Gasteiger partial charge is 0.376 e. The molecule has 6 nitrogen and oxygen atoms in total. The molecule has 1 saturated heterocycles. The zero-order valence-electron chi connectivity index (χ0n) is 13.9. The topological polar surface area (TPSA) is 57.7 Å². The zero-order valence-corrected chi connectivity index (χ0v) is 13.9. The van der Waals surface area contributed by atoms with E-state index >= 15 is 0 Å². The minimum Gasteiger partial charge on any atom is -0.376 e. The highest BCUT2D eigenvalue weighted by Gasteiger charge is 2.24. The van der Waals surface area contributed by atoms with Crippen LogP contribution in [0.5, 0.6) is 0 Å². The molecule has 1 aromatic rings. The molecule has 1 aliphatic rings. The summed E-state index contributed by atoms with van der Waals surface area (Å²) in [5.41, 5.74) is 0. The third kappa shape index (κ3) is 4.34. The van der Waals surface area contributed by atoms with Crippen molar-refractivity contribution in [1.82, 2.24) is 9.88 Å². The van der Waals surface area contributed by atoms with E-state index in [9.17, 15) is 4.79 Å². The van der Waals surface area contributed by atoms with Gasteiger partial charge in [-0.3, -0.25) is 5.32 Å². The van der Waals surface area contributed by atoms with Crippen LogP contribution in [0.3, 0.4) is 0 Å². The third-order valence-corrected chi connectivity index (χ3v) is 3.76. The number of nitrogens with zero attached hydrogens (tertiary/aromatic N) is 3. The molecule has 6 heteroatoms. The molecule has 1 atom stereocenters. The molecule has 0 aromatic carbocycles. The first kappa shape index (κ1) is 16.5. The SMILES string of the molecule is CC(C)C1CN(C(=O)Nc2cccc(N(C)C)n2)CCCO1. The normalized spacial score (nSPS) is 19.0. The van der Waals surface area contributed by atoms with E-state index < -0.39 is 0 Å². The Morgan fingerprint density at radius 3 is 2.91 bits per heavy atom. The predicted molar refractivity (Wildman–Crippen MR) is 88.4 cm³/mol. The molecular formula is C16H26N4O2. The monoisotopic (exact) mass is 306 g/mol. The molecule has 122 valence electrons. The number of anilines is 2. The van der Waals surface area contributed by atoms with Gasteiger partial charge in [0.2, 0.25) is 0 Å². The van der Waals surface area contributed by atoms with Crippen LogP contribution >= 0.6 is 0 Å². The van der Waals surface area contributed by atoms with E-state index in [1.807, 2.05) is 36.0 Å². The van der Waals surface area contributed by atoms with Gasteiger partial charge in [-0.25, -0.2) is 9.78 Å². The lowest BCUT2D eigenvalue weighted by Gasteiger charge is -2.26. The molecule has 2 heterocycles. The van der Waals surface area contributed by atoms with Crippen molar-refractivity contribution >= 4 is 17.7 Å². The summed E-state index contributed by atoms with van der Waals surface area (Å²) < 4.78 is 5.80. The Morgan fingerprint density at radius 2 is 2.23 bits per heavy atom. The highest BCUT2D eigenvalue weighted by atomic mass is 16.5. The van der Waals surface area contributed by atoms with Crippen molar-refractivity contribution in [3.8, 4) is 0 Å². The summed E-state index contributed by atoms with van der Waals surface area (Å²) in [6, 6.07) is 5.49. The van der Waals surface area contributed by atoms with Crippen molar-refractivity contribution in [1.29, 1.82) is 0 Å². The highest BCUT2D eigenvalue weighted by Crippen LogP contribution is 2.16. The number of pyridine rings is 1. The molecule has 1 aliphatic heterocycles. The van der Waals surface area contributed by atoms with Crippen molar-refractivity contribution in [2.45, 2.75) is 26.4 Å². The number of amides is 2. The summed E-state index contributed by atoms with van der Waals surface area (Å²) in [5, 5.41) is 2.89. The minimum atomic E-state index is -0.112. The van der Waals surface area contributed by atoms with Gasteiger partial charge in [0.1, 0.15) is 11.6 Å². The molecule has 0 saturated carbocycles. The first-order valence-corrected chi connectivity index (χ1v) is 7.79. The fraction of sp³-hybridized carbons (Fsp3) is 0.625. The molecule has 1 N–H and O–H groups in total. The Kier molecular flexibility index (Phi) is 5.60. The van der Waals surface area contributed by atoms with E-state index in [-0.39, 0.29) is 12.1 Å². The molecule has 2 rings (SSSR count). The van der Waals surface area contributed by atoms with Crippen LogP contribution in [0, 0.1) is 5.92 Å². The molecule has 2 amide bonds. The molecular weight excluding hydrogens is 280 g/mol. The van der Waals surface area contributed by atoms with Gasteiger partial charge in [-0.05, 0) is 24.5 Å². The summed E-state index contributed by atoms with van der Waals surface area (Å²) in [6.07, 6.45) is 0.955. The lowest BCUT2D eigenvalue weighted by atomic mass is 10.1. The third-order valence-electron chi connectivity index (χ3n) is 3.76. The number of aromatic nitrogens is 1. The van der Waals surface area contributed by atoms with Crippen molar-refractivity contribution in [3.63, 3.8) is 0 Å². The van der Waals surface area contributed by atoms with Gasteiger partial charge in [0.05, 0.1) is 6.10 Å². The van der Waals surface area contributed by atoms with Gasteiger partial charge in [0, 0.05) is 33.8 Å². The number of ether oxygens (including phenoxy) is 1. The van der Waals surface area contributed by atoms with Crippen molar-refractivity contribution in [3.05, 3.63) is 18.2 Å². The van der Waals surface area contributed by atoms with Gasteiger partial charge in [0.15, 0.2) is 0 Å². The van der Waals surface area contributed by atoms with Crippen LogP contribution in [-0.4, -0.2) is 55.8 Å². The van der Waals surface area contributed by atoms with Gasteiger partial charge in [-0.15, -0.1) is 0 Å². The first-order valence-electron chi connectivity index (χ1n) is 7.79. The van der Waals surface area contributed by atoms with E-state index in [1.54, 1.807) is 6.07 Å². The number of urea groups is 1. The number of hydrogen-bond acceptors (Lipinski definition) is 4. The number of nitrogens with one attached hydrogen (secondary N) is 1. The Labute approximate surface area is 132 Å².